The first kappa shape index (κ1) is 16.7. The third-order valence-electron chi connectivity index (χ3n) is 3.41. The van der Waals surface area contributed by atoms with Gasteiger partial charge in [0, 0.05) is 24.3 Å². The van der Waals surface area contributed by atoms with E-state index in [0.717, 1.165) is 11.3 Å². The fourth-order valence-corrected chi connectivity index (χ4v) is 2.16. The topological polar surface area (TPSA) is 69.6 Å². The van der Waals surface area contributed by atoms with Gasteiger partial charge in [-0.25, -0.2) is 0 Å². The van der Waals surface area contributed by atoms with Gasteiger partial charge in [-0.2, -0.15) is 0 Å². The van der Waals surface area contributed by atoms with E-state index in [1.165, 1.54) is 0 Å². The first-order valence-electron chi connectivity index (χ1n) is 7.40. The van der Waals surface area contributed by atoms with Gasteiger partial charge in [-0.15, -0.1) is 0 Å². The fourth-order valence-electron chi connectivity index (χ4n) is 2.16. The molecule has 120 valence electrons. The van der Waals surface area contributed by atoms with E-state index in [4.69, 9.17) is 5.11 Å². The molecule has 0 fully saturated rings. The predicted molar refractivity (Wildman–Crippen MR) is 89.4 cm³/mol. The van der Waals surface area contributed by atoms with Gasteiger partial charge >= 0.3 is 5.97 Å². The molecule has 0 heterocycles. The Morgan fingerprint density at radius 2 is 1.70 bits per heavy atom. The molecule has 5 heteroatoms. The van der Waals surface area contributed by atoms with Crippen molar-refractivity contribution in [3.63, 3.8) is 0 Å². The number of aliphatic carboxylic acids is 1. The number of para-hydroxylation sites is 1. The molecule has 0 saturated carbocycles. The van der Waals surface area contributed by atoms with Crippen LogP contribution >= 0.6 is 0 Å². The molecular weight excluding hydrogens is 292 g/mol. The highest BCUT2D eigenvalue weighted by atomic mass is 16.4. The van der Waals surface area contributed by atoms with E-state index in [-0.39, 0.29) is 12.3 Å². The summed E-state index contributed by atoms with van der Waals surface area (Å²) in [6.07, 6.45) is 0.119. The van der Waals surface area contributed by atoms with Crippen LogP contribution in [0.15, 0.2) is 54.6 Å². The van der Waals surface area contributed by atoms with Crippen molar-refractivity contribution >= 4 is 17.6 Å². The van der Waals surface area contributed by atoms with Crippen molar-refractivity contribution in [3.05, 3.63) is 65.7 Å². The molecule has 0 aliphatic heterocycles. The number of nitrogens with one attached hydrogen (secondary N) is 1. The molecule has 0 bridgehead atoms. The number of hydrogen-bond donors (Lipinski definition) is 2. The average Bonchev–Trinajstić information content (AvgIpc) is 2.54. The van der Waals surface area contributed by atoms with E-state index in [2.05, 4.69) is 5.32 Å². The van der Waals surface area contributed by atoms with E-state index in [0.29, 0.717) is 18.7 Å². The van der Waals surface area contributed by atoms with Crippen LogP contribution in [-0.2, 0) is 11.3 Å². The first-order valence-corrected chi connectivity index (χ1v) is 7.40. The summed E-state index contributed by atoms with van der Waals surface area (Å²) in [6, 6.07) is 16.6. The van der Waals surface area contributed by atoms with Crippen molar-refractivity contribution in [2.24, 2.45) is 0 Å². The van der Waals surface area contributed by atoms with E-state index < -0.39 is 5.97 Å². The zero-order valence-electron chi connectivity index (χ0n) is 13.0. The number of anilines is 1. The second kappa shape index (κ2) is 8.10. The number of carboxylic acids is 1. The second-order valence-electron chi connectivity index (χ2n) is 5.40. The van der Waals surface area contributed by atoms with Crippen LogP contribution in [0.1, 0.15) is 22.3 Å². The molecule has 2 aromatic carbocycles. The van der Waals surface area contributed by atoms with Crippen LogP contribution in [-0.4, -0.2) is 35.5 Å². The van der Waals surface area contributed by atoms with Crippen molar-refractivity contribution in [1.82, 2.24) is 4.90 Å². The average molecular weight is 312 g/mol. The third-order valence-corrected chi connectivity index (χ3v) is 3.41. The highest BCUT2D eigenvalue weighted by Crippen LogP contribution is 2.11. The summed E-state index contributed by atoms with van der Waals surface area (Å²) >= 11 is 0. The zero-order chi connectivity index (χ0) is 16.7. The van der Waals surface area contributed by atoms with Gasteiger partial charge < -0.3 is 15.3 Å². The van der Waals surface area contributed by atoms with E-state index in [1.54, 1.807) is 12.1 Å². The Bertz CT molecular complexity index is 654. The fraction of sp³-hybridized carbons (Fsp3) is 0.222. The number of hydrogen-bond acceptors (Lipinski definition) is 3. The Labute approximate surface area is 135 Å². The maximum atomic E-state index is 12.1. The maximum absolute atomic E-state index is 12.1. The molecule has 1 amide bonds. The van der Waals surface area contributed by atoms with Gasteiger partial charge in [0.15, 0.2) is 0 Å². The zero-order valence-corrected chi connectivity index (χ0v) is 13.0. The molecule has 0 radical (unpaired) electrons. The number of amides is 1. The summed E-state index contributed by atoms with van der Waals surface area (Å²) < 4.78 is 0. The van der Waals surface area contributed by atoms with Crippen LogP contribution in [0.3, 0.4) is 0 Å². The third kappa shape index (κ3) is 5.56. The van der Waals surface area contributed by atoms with Crippen LogP contribution in [0.5, 0.6) is 0 Å². The summed E-state index contributed by atoms with van der Waals surface area (Å²) in [5.74, 6) is -0.952. The number of benzene rings is 2. The van der Waals surface area contributed by atoms with Crippen molar-refractivity contribution in [3.8, 4) is 0 Å². The SMILES string of the molecule is CN(CCC(=O)O)Cc1ccc(C(=O)Nc2ccccc2)cc1. The van der Waals surface area contributed by atoms with Crippen molar-refractivity contribution in [1.29, 1.82) is 0 Å². The van der Waals surface area contributed by atoms with Crippen molar-refractivity contribution in [2.75, 3.05) is 18.9 Å². The first-order chi connectivity index (χ1) is 11.0. The highest BCUT2D eigenvalue weighted by molar-refractivity contribution is 6.04. The second-order valence-corrected chi connectivity index (χ2v) is 5.40. The molecule has 0 spiro atoms. The molecular formula is C18H20N2O3. The quantitative estimate of drug-likeness (QED) is 0.825. The van der Waals surface area contributed by atoms with Crippen molar-refractivity contribution < 1.29 is 14.7 Å². The van der Waals surface area contributed by atoms with Crippen LogP contribution < -0.4 is 5.32 Å². The lowest BCUT2D eigenvalue weighted by Gasteiger charge is -2.15. The largest absolute Gasteiger partial charge is 0.481 e. The standard InChI is InChI=1S/C18H20N2O3/c1-20(12-11-17(21)22)13-14-7-9-15(10-8-14)18(23)19-16-5-3-2-4-6-16/h2-10H,11-13H2,1H3,(H,19,23)(H,21,22). The minimum absolute atomic E-state index is 0.119. The number of carboxylic acid groups (broad SMARTS) is 1. The van der Waals surface area contributed by atoms with E-state index in [9.17, 15) is 9.59 Å². The number of nitrogens with zero attached hydrogens (tertiary/aromatic N) is 1. The summed E-state index contributed by atoms with van der Waals surface area (Å²) in [5, 5.41) is 11.5. The number of rotatable bonds is 7. The van der Waals surface area contributed by atoms with Crippen molar-refractivity contribution in [2.45, 2.75) is 13.0 Å². The molecule has 0 aliphatic rings. The van der Waals surface area contributed by atoms with Gasteiger partial charge in [0.2, 0.25) is 0 Å². The molecule has 0 unspecified atom stereocenters. The van der Waals surface area contributed by atoms with E-state index >= 15 is 0 Å². The summed E-state index contributed by atoms with van der Waals surface area (Å²) in [6.45, 7) is 1.14. The summed E-state index contributed by atoms with van der Waals surface area (Å²) in [5.41, 5.74) is 2.38. The number of carbonyl (C=O) groups excluding carboxylic acids is 1. The molecule has 2 rings (SSSR count). The van der Waals surface area contributed by atoms with Crippen LogP contribution in [0.25, 0.3) is 0 Å². The lowest BCUT2D eigenvalue weighted by Crippen LogP contribution is -2.21. The molecule has 5 nitrogen and oxygen atoms in total. The van der Waals surface area contributed by atoms with Gasteiger partial charge in [-0.05, 0) is 36.9 Å². The lowest BCUT2D eigenvalue weighted by molar-refractivity contribution is -0.137. The number of carbonyl (C=O) groups is 2. The molecule has 0 saturated heterocycles. The van der Waals surface area contributed by atoms with Gasteiger partial charge in [0.1, 0.15) is 0 Å². The van der Waals surface area contributed by atoms with Crippen LogP contribution in [0.2, 0.25) is 0 Å². The normalized spacial score (nSPS) is 10.5. The van der Waals surface area contributed by atoms with Gasteiger partial charge in [0.25, 0.3) is 5.91 Å². The van der Waals surface area contributed by atoms with Crippen LogP contribution in [0.4, 0.5) is 5.69 Å². The molecule has 2 N–H and O–H groups in total. The minimum Gasteiger partial charge on any atom is -0.481 e. The Hall–Kier alpha value is -2.66. The van der Waals surface area contributed by atoms with Crippen LogP contribution in [0, 0.1) is 0 Å². The summed E-state index contributed by atoms with van der Waals surface area (Å²) in [4.78, 5) is 24.6. The molecule has 23 heavy (non-hydrogen) atoms. The minimum atomic E-state index is -0.801. The highest BCUT2D eigenvalue weighted by Gasteiger charge is 2.07. The molecule has 0 atom stereocenters. The van der Waals surface area contributed by atoms with Gasteiger partial charge in [-0.3, -0.25) is 9.59 Å². The smallest absolute Gasteiger partial charge is 0.304 e. The molecule has 0 aliphatic carbocycles. The Balaban J connectivity index is 1.91. The van der Waals surface area contributed by atoms with E-state index in [1.807, 2.05) is 54.4 Å². The Kier molecular flexibility index (Phi) is 5.88. The maximum Gasteiger partial charge on any atom is 0.304 e. The lowest BCUT2D eigenvalue weighted by atomic mass is 10.1. The monoisotopic (exact) mass is 312 g/mol. The molecule has 0 aromatic heterocycles. The molecule has 2 aromatic rings. The predicted octanol–water partition coefficient (Wildman–Crippen LogP) is 2.85. The Morgan fingerprint density at radius 3 is 2.30 bits per heavy atom. The summed E-state index contributed by atoms with van der Waals surface area (Å²) in [7, 11) is 1.87. The Morgan fingerprint density at radius 1 is 1.04 bits per heavy atom. The van der Waals surface area contributed by atoms with Gasteiger partial charge in [0.05, 0.1) is 6.42 Å². The van der Waals surface area contributed by atoms with Gasteiger partial charge in [-0.1, -0.05) is 30.3 Å².